The van der Waals surface area contributed by atoms with Crippen LogP contribution in [0.4, 0.5) is 0 Å². The van der Waals surface area contributed by atoms with Gasteiger partial charge in [-0.05, 0) is 18.8 Å². The Hall–Kier alpha value is -0.0400. The molecule has 1 N–H and O–H groups in total. The zero-order valence-electron chi connectivity index (χ0n) is 6.68. The van der Waals surface area contributed by atoms with Crippen LogP contribution in [-0.4, -0.2) is 11.7 Å². The number of rotatable bonds is 3. The van der Waals surface area contributed by atoms with Crippen LogP contribution >= 0.6 is 0 Å². The van der Waals surface area contributed by atoms with Gasteiger partial charge in [0.15, 0.2) is 0 Å². The van der Waals surface area contributed by atoms with Gasteiger partial charge in [0.2, 0.25) is 0 Å². The first kappa shape index (κ1) is 11.0. The molecule has 0 amide bonds. The Balaban J connectivity index is 0.000001000. The highest BCUT2D eigenvalue weighted by Gasteiger charge is 2.11. The molecule has 0 saturated heterocycles. The Kier molecular flexibility index (Phi) is 6.63. The van der Waals surface area contributed by atoms with E-state index < -0.39 is 0 Å². The largest absolute Gasteiger partial charge is 0.396 e. The average molecular weight is 158 g/mol. The van der Waals surface area contributed by atoms with E-state index >= 15 is 0 Å². The van der Waals surface area contributed by atoms with Crippen LogP contribution in [0.5, 0.6) is 0 Å². The summed E-state index contributed by atoms with van der Waals surface area (Å²) in [5.41, 5.74) is 0. The minimum absolute atomic E-state index is 0. The van der Waals surface area contributed by atoms with Crippen LogP contribution < -0.4 is 0 Å². The molecule has 1 aliphatic rings. The Morgan fingerprint density at radius 3 is 2.27 bits per heavy atom. The van der Waals surface area contributed by atoms with Crippen molar-refractivity contribution in [2.24, 2.45) is 5.92 Å². The highest BCUT2D eigenvalue weighted by atomic mass is 16.2. The molecular weight excluding hydrogens is 136 g/mol. The normalized spacial score (nSPS) is 19.4. The smallest absolute Gasteiger partial charge is 0.0431 e. The van der Waals surface area contributed by atoms with Crippen molar-refractivity contribution in [1.29, 1.82) is 0 Å². The number of hydrogen-bond donors (Lipinski definition) is 1. The quantitative estimate of drug-likeness (QED) is 0.669. The molecule has 1 fully saturated rings. The monoisotopic (exact) mass is 158 g/mol. The van der Waals surface area contributed by atoms with E-state index in [-0.39, 0.29) is 7.43 Å². The molecule has 0 aliphatic heterocycles. The van der Waals surface area contributed by atoms with E-state index in [1.807, 2.05) is 0 Å². The Morgan fingerprint density at radius 2 is 1.73 bits per heavy atom. The van der Waals surface area contributed by atoms with Crippen LogP contribution in [-0.2, 0) is 0 Å². The van der Waals surface area contributed by atoms with E-state index in [1.54, 1.807) is 0 Å². The molecule has 1 heteroatoms. The van der Waals surface area contributed by atoms with Gasteiger partial charge in [0, 0.05) is 6.61 Å². The van der Waals surface area contributed by atoms with Crippen LogP contribution in [0.3, 0.4) is 0 Å². The van der Waals surface area contributed by atoms with E-state index in [9.17, 15) is 0 Å². The summed E-state index contributed by atoms with van der Waals surface area (Å²) in [7, 11) is 0. The summed E-state index contributed by atoms with van der Waals surface area (Å²) < 4.78 is 0. The summed E-state index contributed by atoms with van der Waals surface area (Å²) in [5, 5.41) is 8.60. The second-order valence-corrected chi connectivity index (χ2v) is 3.37. The third-order valence-corrected chi connectivity index (χ3v) is 2.50. The summed E-state index contributed by atoms with van der Waals surface area (Å²) in [6.07, 6.45) is 9.41. The van der Waals surface area contributed by atoms with Gasteiger partial charge >= 0.3 is 0 Å². The van der Waals surface area contributed by atoms with Gasteiger partial charge in [0.1, 0.15) is 0 Å². The highest BCUT2D eigenvalue weighted by molar-refractivity contribution is 4.65. The molecule has 0 aromatic rings. The van der Waals surface area contributed by atoms with Gasteiger partial charge < -0.3 is 5.11 Å². The first-order chi connectivity index (χ1) is 4.93. The summed E-state index contributed by atoms with van der Waals surface area (Å²) in [6.45, 7) is 0.385. The molecule has 1 rings (SSSR count). The lowest BCUT2D eigenvalue weighted by molar-refractivity contribution is 0.253. The highest BCUT2D eigenvalue weighted by Crippen LogP contribution is 2.26. The van der Waals surface area contributed by atoms with E-state index in [0.29, 0.717) is 6.61 Å². The molecule has 0 heterocycles. The fourth-order valence-corrected chi connectivity index (χ4v) is 1.86. The second kappa shape index (κ2) is 6.66. The summed E-state index contributed by atoms with van der Waals surface area (Å²) in [4.78, 5) is 0. The molecule has 0 atom stereocenters. The van der Waals surface area contributed by atoms with Gasteiger partial charge in [-0.3, -0.25) is 0 Å². The molecule has 11 heavy (non-hydrogen) atoms. The molecule has 68 valence electrons. The van der Waals surface area contributed by atoms with E-state index in [2.05, 4.69) is 0 Å². The average Bonchev–Trinajstić information content (AvgIpc) is 2.03. The van der Waals surface area contributed by atoms with Gasteiger partial charge in [0.05, 0.1) is 0 Å². The van der Waals surface area contributed by atoms with Crippen LogP contribution in [0.1, 0.15) is 52.4 Å². The van der Waals surface area contributed by atoms with E-state index in [4.69, 9.17) is 5.11 Å². The number of aliphatic hydroxyl groups is 1. The van der Waals surface area contributed by atoms with Crippen molar-refractivity contribution in [3.05, 3.63) is 0 Å². The number of aliphatic hydroxyl groups excluding tert-OH is 1. The molecule has 0 bridgehead atoms. The van der Waals surface area contributed by atoms with Crippen molar-refractivity contribution in [2.75, 3.05) is 6.61 Å². The second-order valence-electron chi connectivity index (χ2n) is 3.37. The first-order valence-corrected chi connectivity index (χ1v) is 4.54. The van der Waals surface area contributed by atoms with Crippen LogP contribution in [0.2, 0.25) is 0 Å². The van der Waals surface area contributed by atoms with Crippen molar-refractivity contribution in [3.8, 4) is 0 Å². The molecule has 0 unspecified atom stereocenters. The molecule has 0 aromatic carbocycles. The lowest BCUT2D eigenvalue weighted by Crippen LogP contribution is -2.06. The predicted octanol–water partition coefficient (Wildman–Crippen LogP) is 2.98. The van der Waals surface area contributed by atoms with Crippen molar-refractivity contribution in [1.82, 2.24) is 0 Å². The lowest BCUT2D eigenvalue weighted by Gasteiger charge is -2.20. The predicted molar refractivity (Wildman–Crippen MR) is 49.6 cm³/mol. The molecule has 0 radical (unpaired) electrons. The maximum atomic E-state index is 8.60. The van der Waals surface area contributed by atoms with Crippen LogP contribution in [0, 0.1) is 5.92 Å². The topological polar surface area (TPSA) is 20.2 Å². The van der Waals surface area contributed by atoms with E-state index in [0.717, 1.165) is 12.3 Å². The van der Waals surface area contributed by atoms with Gasteiger partial charge in [-0.15, -0.1) is 0 Å². The SMILES string of the molecule is C.OCCCC1CCCCC1. The maximum Gasteiger partial charge on any atom is 0.0431 e. The van der Waals surface area contributed by atoms with Gasteiger partial charge in [-0.25, -0.2) is 0 Å². The molecule has 1 saturated carbocycles. The standard InChI is InChI=1S/C9H18O.CH4/c10-8-4-7-9-5-2-1-3-6-9;/h9-10H,1-8H2;1H4. The third kappa shape index (κ3) is 4.41. The first-order valence-electron chi connectivity index (χ1n) is 4.54. The Bertz CT molecular complexity index is 74.9. The van der Waals surface area contributed by atoms with Gasteiger partial charge in [0.25, 0.3) is 0 Å². The lowest BCUT2D eigenvalue weighted by atomic mass is 9.86. The Labute approximate surface area is 70.8 Å². The van der Waals surface area contributed by atoms with Crippen molar-refractivity contribution < 1.29 is 5.11 Å². The molecule has 0 spiro atoms. The fourth-order valence-electron chi connectivity index (χ4n) is 1.86. The zero-order valence-corrected chi connectivity index (χ0v) is 6.68. The van der Waals surface area contributed by atoms with E-state index in [1.165, 1.54) is 38.5 Å². The molecule has 1 aliphatic carbocycles. The third-order valence-electron chi connectivity index (χ3n) is 2.50. The summed E-state index contributed by atoms with van der Waals surface area (Å²) >= 11 is 0. The fraction of sp³-hybridized carbons (Fsp3) is 1.00. The van der Waals surface area contributed by atoms with Crippen molar-refractivity contribution in [2.45, 2.75) is 52.4 Å². The Morgan fingerprint density at radius 1 is 1.09 bits per heavy atom. The van der Waals surface area contributed by atoms with Crippen LogP contribution in [0.25, 0.3) is 0 Å². The molecule has 0 aromatic heterocycles. The minimum atomic E-state index is 0. The molecule has 1 nitrogen and oxygen atoms in total. The zero-order chi connectivity index (χ0) is 7.23. The van der Waals surface area contributed by atoms with Crippen molar-refractivity contribution >= 4 is 0 Å². The summed E-state index contributed by atoms with van der Waals surface area (Å²) in [5.74, 6) is 0.945. The van der Waals surface area contributed by atoms with Crippen LogP contribution in [0.15, 0.2) is 0 Å². The van der Waals surface area contributed by atoms with Crippen molar-refractivity contribution in [3.63, 3.8) is 0 Å². The maximum absolute atomic E-state index is 8.60. The van der Waals surface area contributed by atoms with Gasteiger partial charge in [-0.1, -0.05) is 39.5 Å². The van der Waals surface area contributed by atoms with Gasteiger partial charge in [-0.2, -0.15) is 0 Å². The minimum Gasteiger partial charge on any atom is -0.396 e. The number of hydrogen-bond acceptors (Lipinski definition) is 1. The molecular formula is C10H22O. The summed E-state index contributed by atoms with van der Waals surface area (Å²) in [6, 6.07) is 0.